The standard InChI is InChI=1S/C17H16N4O3/c1-23-13-6-4-12(5-7-13)21-17(22)15-10-20-16(11-18-15)19-9-14-3-2-8-24-14/h2-8,10-11H,9H2,1H3,(H,19,20)(H,21,22). The molecule has 3 aromatic rings. The number of nitrogens with one attached hydrogen (secondary N) is 2. The van der Waals surface area contributed by atoms with Crippen molar-refractivity contribution in [2.75, 3.05) is 17.7 Å². The van der Waals surface area contributed by atoms with Gasteiger partial charge in [-0.15, -0.1) is 0 Å². The van der Waals surface area contributed by atoms with Crippen molar-refractivity contribution in [2.45, 2.75) is 6.54 Å². The summed E-state index contributed by atoms with van der Waals surface area (Å²) >= 11 is 0. The summed E-state index contributed by atoms with van der Waals surface area (Å²) in [5.74, 6) is 1.75. The van der Waals surface area contributed by atoms with Crippen molar-refractivity contribution in [1.82, 2.24) is 9.97 Å². The molecule has 0 aliphatic rings. The van der Waals surface area contributed by atoms with Crippen molar-refractivity contribution in [3.63, 3.8) is 0 Å². The Balaban J connectivity index is 1.58. The van der Waals surface area contributed by atoms with E-state index in [9.17, 15) is 4.79 Å². The molecule has 0 aliphatic carbocycles. The number of aromatic nitrogens is 2. The van der Waals surface area contributed by atoms with Gasteiger partial charge in [-0.2, -0.15) is 0 Å². The van der Waals surface area contributed by atoms with Crippen molar-refractivity contribution in [1.29, 1.82) is 0 Å². The SMILES string of the molecule is COc1ccc(NC(=O)c2cnc(NCc3ccco3)cn2)cc1. The van der Waals surface area contributed by atoms with E-state index < -0.39 is 0 Å². The molecule has 2 N–H and O–H groups in total. The highest BCUT2D eigenvalue weighted by atomic mass is 16.5. The third-order valence-corrected chi connectivity index (χ3v) is 3.26. The van der Waals surface area contributed by atoms with Gasteiger partial charge in [-0.25, -0.2) is 9.97 Å². The molecule has 0 saturated heterocycles. The molecule has 122 valence electrons. The first-order chi connectivity index (χ1) is 11.7. The fourth-order valence-corrected chi connectivity index (χ4v) is 2.00. The average molecular weight is 324 g/mol. The van der Waals surface area contributed by atoms with Gasteiger partial charge in [-0.3, -0.25) is 4.79 Å². The second-order valence-corrected chi connectivity index (χ2v) is 4.90. The number of hydrogen-bond acceptors (Lipinski definition) is 6. The van der Waals surface area contributed by atoms with E-state index in [4.69, 9.17) is 9.15 Å². The van der Waals surface area contributed by atoms with Crippen LogP contribution in [0.15, 0.2) is 59.5 Å². The number of anilines is 2. The van der Waals surface area contributed by atoms with E-state index in [1.54, 1.807) is 37.6 Å². The summed E-state index contributed by atoms with van der Waals surface area (Å²) in [7, 11) is 1.59. The topological polar surface area (TPSA) is 89.3 Å². The van der Waals surface area contributed by atoms with Crippen LogP contribution in [0.4, 0.5) is 11.5 Å². The normalized spacial score (nSPS) is 10.2. The highest BCUT2D eigenvalue weighted by molar-refractivity contribution is 6.02. The van der Waals surface area contributed by atoms with Gasteiger partial charge in [-0.1, -0.05) is 0 Å². The Morgan fingerprint density at radius 2 is 2.00 bits per heavy atom. The third-order valence-electron chi connectivity index (χ3n) is 3.26. The number of ether oxygens (including phenoxy) is 1. The predicted molar refractivity (Wildman–Crippen MR) is 89.0 cm³/mol. The molecule has 0 aliphatic heterocycles. The Morgan fingerprint density at radius 1 is 1.17 bits per heavy atom. The second-order valence-electron chi connectivity index (χ2n) is 4.90. The third kappa shape index (κ3) is 3.89. The molecule has 7 heteroatoms. The molecular formula is C17H16N4O3. The first-order valence-electron chi connectivity index (χ1n) is 7.28. The second kappa shape index (κ2) is 7.28. The van der Waals surface area contributed by atoms with Crippen LogP contribution in [0.2, 0.25) is 0 Å². The van der Waals surface area contributed by atoms with Gasteiger partial charge in [0.15, 0.2) is 0 Å². The highest BCUT2D eigenvalue weighted by Gasteiger charge is 2.09. The quantitative estimate of drug-likeness (QED) is 0.724. The smallest absolute Gasteiger partial charge is 0.275 e. The number of benzene rings is 1. The molecule has 0 spiro atoms. The minimum atomic E-state index is -0.328. The lowest BCUT2D eigenvalue weighted by molar-refractivity contribution is 0.102. The van der Waals surface area contributed by atoms with E-state index >= 15 is 0 Å². The first-order valence-corrected chi connectivity index (χ1v) is 7.28. The molecule has 0 radical (unpaired) electrons. The van der Waals surface area contributed by atoms with Gasteiger partial charge in [0.1, 0.15) is 23.0 Å². The van der Waals surface area contributed by atoms with E-state index in [2.05, 4.69) is 20.6 Å². The Bertz CT molecular complexity index is 784. The minimum Gasteiger partial charge on any atom is -0.497 e. The van der Waals surface area contributed by atoms with Crippen molar-refractivity contribution < 1.29 is 13.9 Å². The summed E-state index contributed by atoms with van der Waals surface area (Å²) < 4.78 is 10.3. The lowest BCUT2D eigenvalue weighted by Crippen LogP contribution is -2.14. The largest absolute Gasteiger partial charge is 0.497 e. The van der Waals surface area contributed by atoms with Crippen LogP contribution in [0, 0.1) is 0 Å². The molecular weight excluding hydrogens is 308 g/mol. The van der Waals surface area contributed by atoms with Crippen molar-refractivity contribution >= 4 is 17.4 Å². The van der Waals surface area contributed by atoms with Gasteiger partial charge in [0.05, 0.1) is 32.3 Å². The molecule has 0 fully saturated rings. The molecule has 1 amide bonds. The molecule has 0 saturated carbocycles. The Kier molecular flexibility index (Phi) is 4.71. The number of amides is 1. The summed E-state index contributed by atoms with van der Waals surface area (Å²) in [5, 5.41) is 5.81. The maximum Gasteiger partial charge on any atom is 0.275 e. The van der Waals surface area contributed by atoms with E-state index in [1.165, 1.54) is 12.4 Å². The molecule has 0 atom stereocenters. The summed E-state index contributed by atoms with van der Waals surface area (Å²) in [5.41, 5.74) is 0.886. The molecule has 24 heavy (non-hydrogen) atoms. The number of carbonyl (C=O) groups is 1. The molecule has 0 bridgehead atoms. The number of methoxy groups -OCH3 is 1. The number of furan rings is 1. The van der Waals surface area contributed by atoms with E-state index in [1.807, 2.05) is 12.1 Å². The van der Waals surface area contributed by atoms with Crippen LogP contribution in [-0.4, -0.2) is 23.0 Å². The first kappa shape index (κ1) is 15.5. The Hall–Kier alpha value is -3.35. The van der Waals surface area contributed by atoms with Gasteiger partial charge >= 0.3 is 0 Å². The van der Waals surface area contributed by atoms with Crippen molar-refractivity contribution in [3.8, 4) is 5.75 Å². The monoisotopic (exact) mass is 324 g/mol. The molecule has 7 nitrogen and oxygen atoms in total. The van der Waals surface area contributed by atoms with Crippen molar-refractivity contribution in [3.05, 3.63) is 66.5 Å². The Labute approximate surface area is 138 Å². The van der Waals surface area contributed by atoms with Crippen LogP contribution in [0.5, 0.6) is 5.75 Å². The van der Waals surface area contributed by atoms with Crippen molar-refractivity contribution in [2.24, 2.45) is 0 Å². The minimum absolute atomic E-state index is 0.231. The zero-order valence-electron chi connectivity index (χ0n) is 13.0. The number of nitrogens with zero attached hydrogens (tertiary/aromatic N) is 2. The lowest BCUT2D eigenvalue weighted by atomic mass is 10.3. The summed E-state index contributed by atoms with van der Waals surface area (Å²) in [6, 6.07) is 10.7. The molecule has 0 unspecified atom stereocenters. The highest BCUT2D eigenvalue weighted by Crippen LogP contribution is 2.15. The maximum absolute atomic E-state index is 12.1. The van der Waals surface area contributed by atoms with Crippen LogP contribution in [0.1, 0.15) is 16.2 Å². The van der Waals surface area contributed by atoms with E-state index in [0.29, 0.717) is 18.1 Å². The predicted octanol–water partition coefficient (Wildman–Crippen LogP) is 2.94. The maximum atomic E-state index is 12.1. The van der Waals surface area contributed by atoms with Gasteiger partial charge in [0.2, 0.25) is 0 Å². The molecule has 2 aromatic heterocycles. The number of carbonyl (C=O) groups excluding carboxylic acids is 1. The van der Waals surface area contributed by atoms with Crippen LogP contribution < -0.4 is 15.4 Å². The number of rotatable bonds is 6. The zero-order valence-corrected chi connectivity index (χ0v) is 13.0. The van der Waals surface area contributed by atoms with Gasteiger partial charge < -0.3 is 19.8 Å². The number of hydrogen-bond donors (Lipinski definition) is 2. The molecule has 3 rings (SSSR count). The van der Waals surface area contributed by atoms with Gasteiger partial charge in [-0.05, 0) is 36.4 Å². The van der Waals surface area contributed by atoms with Gasteiger partial charge in [0.25, 0.3) is 5.91 Å². The van der Waals surface area contributed by atoms with Crippen LogP contribution in [-0.2, 0) is 6.54 Å². The molecule has 2 heterocycles. The van der Waals surface area contributed by atoms with E-state index in [-0.39, 0.29) is 11.6 Å². The lowest BCUT2D eigenvalue weighted by Gasteiger charge is -2.07. The summed E-state index contributed by atoms with van der Waals surface area (Å²) in [6.45, 7) is 0.499. The fourth-order valence-electron chi connectivity index (χ4n) is 2.00. The fraction of sp³-hybridized carbons (Fsp3) is 0.118. The Morgan fingerprint density at radius 3 is 2.62 bits per heavy atom. The summed E-state index contributed by atoms with van der Waals surface area (Å²) in [4.78, 5) is 20.4. The molecule has 1 aromatic carbocycles. The van der Waals surface area contributed by atoms with Crippen LogP contribution >= 0.6 is 0 Å². The van der Waals surface area contributed by atoms with Crippen LogP contribution in [0.25, 0.3) is 0 Å². The average Bonchev–Trinajstić information content (AvgIpc) is 3.14. The summed E-state index contributed by atoms with van der Waals surface area (Å²) in [6.07, 6.45) is 4.53. The zero-order chi connectivity index (χ0) is 16.8. The van der Waals surface area contributed by atoms with E-state index in [0.717, 1.165) is 11.5 Å². The van der Waals surface area contributed by atoms with Crippen LogP contribution in [0.3, 0.4) is 0 Å². The van der Waals surface area contributed by atoms with Gasteiger partial charge in [0, 0.05) is 5.69 Å².